The van der Waals surface area contributed by atoms with Crippen molar-refractivity contribution in [2.24, 2.45) is 0 Å². The molecule has 0 spiro atoms. The Kier molecular flexibility index (Phi) is 4.73. The topological polar surface area (TPSA) is 98.6 Å². The minimum atomic E-state index is -3.73. The molecule has 0 bridgehead atoms. The van der Waals surface area contributed by atoms with Gasteiger partial charge in [0.25, 0.3) is 0 Å². The van der Waals surface area contributed by atoms with Gasteiger partial charge in [0.15, 0.2) is 21.4 Å². The first-order chi connectivity index (χ1) is 14.5. The molecule has 0 aliphatic heterocycles. The number of ether oxygens (including phenoxy) is 2. The van der Waals surface area contributed by atoms with E-state index in [4.69, 9.17) is 9.47 Å². The fraction of sp³-hybridized carbons (Fsp3) is 0.333. The molecule has 4 rings (SSSR count). The number of pyridine rings is 1. The summed E-state index contributed by atoms with van der Waals surface area (Å²) in [5, 5.41) is 0. The Morgan fingerprint density at radius 1 is 1.16 bits per heavy atom. The summed E-state index contributed by atoms with van der Waals surface area (Å²) < 4.78 is 52.3. The molecule has 4 aromatic rings. The second-order valence-corrected chi connectivity index (χ2v) is 10.8. The van der Waals surface area contributed by atoms with E-state index in [0.29, 0.717) is 33.8 Å². The number of methoxy groups -OCH3 is 2. The van der Waals surface area contributed by atoms with Gasteiger partial charge < -0.3 is 14.5 Å². The number of aryl methyl sites for hydroxylation is 1. The molecular weight excluding hydrogens is 423 g/mol. The summed E-state index contributed by atoms with van der Waals surface area (Å²) in [6.45, 7) is 6.62. The van der Waals surface area contributed by atoms with Gasteiger partial charge in [0.2, 0.25) is 0 Å². The molecule has 10 heteroatoms. The Bertz CT molecular complexity index is 1430. The molecule has 3 aromatic heterocycles. The number of rotatable bonds is 4. The second kappa shape index (κ2) is 6.94. The van der Waals surface area contributed by atoms with Crippen LogP contribution in [0.1, 0.15) is 26.6 Å². The lowest BCUT2D eigenvalue weighted by atomic mass is 10.1. The minimum absolute atomic E-state index is 0.0256. The Balaban J connectivity index is 2.07. The van der Waals surface area contributed by atoms with Crippen LogP contribution in [0.3, 0.4) is 0 Å². The molecule has 0 saturated heterocycles. The van der Waals surface area contributed by atoms with E-state index in [0.717, 1.165) is 0 Å². The van der Waals surface area contributed by atoms with Crippen LogP contribution in [0.2, 0.25) is 0 Å². The van der Waals surface area contributed by atoms with E-state index in [2.05, 4.69) is 15.0 Å². The lowest BCUT2D eigenvalue weighted by molar-refractivity contribution is 0.391. The van der Waals surface area contributed by atoms with Gasteiger partial charge in [-0.2, -0.15) is 0 Å². The fourth-order valence-electron chi connectivity index (χ4n) is 3.50. The van der Waals surface area contributed by atoms with Crippen molar-refractivity contribution >= 4 is 26.5 Å². The van der Waals surface area contributed by atoms with Gasteiger partial charge in [0.05, 0.1) is 30.9 Å². The number of imidazole rings is 2. The largest absolute Gasteiger partial charge is 0.495 e. The van der Waals surface area contributed by atoms with Gasteiger partial charge in [-0.3, -0.25) is 4.40 Å². The van der Waals surface area contributed by atoms with Crippen molar-refractivity contribution in [3.63, 3.8) is 0 Å². The highest BCUT2D eigenvalue weighted by atomic mass is 32.2. The number of H-pyrrole nitrogens is 1. The van der Waals surface area contributed by atoms with Crippen molar-refractivity contribution in [2.75, 3.05) is 14.2 Å². The molecule has 0 atom stereocenters. The number of sulfone groups is 1. The number of nitrogens with one attached hydrogen (secondary N) is 1. The second-order valence-electron chi connectivity index (χ2n) is 8.18. The van der Waals surface area contributed by atoms with E-state index < -0.39 is 20.4 Å². The van der Waals surface area contributed by atoms with Crippen molar-refractivity contribution < 1.29 is 22.3 Å². The van der Waals surface area contributed by atoms with E-state index in [1.165, 1.54) is 26.5 Å². The SMILES string of the molecule is COc1cc2ncc(-c3cc(F)c(OC)c4[nH]c(C)nc34)n2cc1S(=O)(=O)C(C)(C)C. The lowest BCUT2D eigenvalue weighted by Gasteiger charge is -2.21. The van der Waals surface area contributed by atoms with E-state index >= 15 is 0 Å². The summed E-state index contributed by atoms with van der Waals surface area (Å²) in [5.41, 5.74) is 2.31. The first-order valence-corrected chi connectivity index (χ1v) is 11.0. The quantitative estimate of drug-likeness (QED) is 0.510. The highest BCUT2D eigenvalue weighted by molar-refractivity contribution is 7.92. The van der Waals surface area contributed by atoms with E-state index in [1.54, 1.807) is 44.4 Å². The molecule has 0 saturated carbocycles. The van der Waals surface area contributed by atoms with Crippen molar-refractivity contribution in [1.82, 2.24) is 19.4 Å². The zero-order valence-corrected chi connectivity index (χ0v) is 18.9. The van der Waals surface area contributed by atoms with Gasteiger partial charge in [-0.1, -0.05) is 0 Å². The molecule has 1 aromatic carbocycles. The molecule has 8 nitrogen and oxygen atoms in total. The molecule has 0 aliphatic carbocycles. The fourth-order valence-corrected chi connectivity index (χ4v) is 4.81. The Hall–Kier alpha value is -3.14. The van der Waals surface area contributed by atoms with Crippen LogP contribution in [0.4, 0.5) is 4.39 Å². The standard InChI is InChI=1S/C21H23FN4O4S/c1-11-24-18-12(7-13(22)20(30-6)19(18)25-11)14-9-23-17-8-15(29-5)16(10-26(14)17)31(27,28)21(2,3)4/h7-10H,1-6H3,(H,24,25). The maximum atomic E-state index is 14.8. The van der Waals surface area contributed by atoms with E-state index in [1.807, 2.05) is 0 Å². The maximum absolute atomic E-state index is 14.8. The zero-order chi connectivity index (χ0) is 22.7. The number of aromatic amines is 1. The van der Waals surface area contributed by atoms with Crippen LogP contribution in [-0.4, -0.2) is 46.7 Å². The molecular formula is C21H23FN4O4S. The van der Waals surface area contributed by atoms with E-state index in [9.17, 15) is 12.8 Å². The van der Waals surface area contributed by atoms with Crippen LogP contribution in [0.25, 0.3) is 27.9 Å². The van der Waals surface area contributed by atoms with Crippen LogP contribution < -0.4 is 9.47 Å². The number of hydrogen-bond donors (Lipinski definition) is 1. The zero-order valence-electron chi connectivity index (χ0n) is 18.1. The summed E-state index contributed by atoms with van der Waals surface area (Å²) in [5.74, 6) is 0.276. The average Bonchev–Trinajstić information content (AvgIpc) is 3.28. The highest BCUT2D eigenvalue weighted by Gasteiger charge is 2.34. The summed E-state index contributed by atoms with van der Waals surface area (Å²) >= 11 is 0. The third kappa shape index (κ3) is 3.13. The lowest BCUT2D eigenvalue weighted by Crippen LogP contribution is -2.28. The van der Waals surface area contributed by atoms with Crippen molar-refractivity contribution in [1.29, 1.82) is 0 Å². The summed E-state index contributed by atoms with van der Waals surface area (Å²) in [7, 11) is -0.938. The Morgan fingerprint density at radius 2 is 1.87 bits per heavy atom. The number of aromatic nitrogens is 4. The van der Waals surface area contributed by atoms with Gasteiger partial charge >= 0.3 is 0 Å². The van der Waals surface area contributed by atoms with Crippen LogP contribution in [0, 0.1) is 12.7 Å². The molecule has 0 radical (unpaired) electrons. The summed E-state index contributed by atoms with van der Waals surface area (Å²) in [6, 6.07) is 2.86. The number of hydrogen-bond acceptors (Lipinski definition) is 6. The monoisotopic (exact) mass is 446 g/mol. The minimum Gasteiger partial charge on any atom is -0.495 e. The number of nitrogens with zero attached hydrogens (tertiary/aromatic N) is 3. The highest BCUT2D eigenvalue weighted by Crippen LogP contribution is 2.38. The first-order valence-electron chi connectivity index (χ1n) is 9.52. The predicted octanol–water partition coefficient (Wildman–Crippen LogP) is 3.91. The third-order valence-electron chi connectivity index (χ3n) is 5.16. The van der Waals surface area contributed by atoms with Crippen molar-refractivity contribution in [2.45, 2.75) is 37.3 Å². The van der Waals surface area contributed by atoms with Gasteiger partial charge in [0.1, 0.15) is 33.1 Å². The van der Waals surface area contributed by atoms with Gasteiger partial charge in [0, 0.05) is 17.8 Å². The van der Waals surface area contributed by atoms with Crippen LogP contribution in [0.5, 0.6) is 11.5 Å². The normalized spacial score (nSPS) is 12.6. The Morgan fingerprint density at radius 3 is 2.48 bits per heavy atom. The number of benzene rings is 1. The van der Waals surface area contributed by atoms with E-state index in [-0.39, 0.29) is 16.4 Å². The maximum Gasteiger partial charge on any atom is 0.188 e. The third-order valence-corrected chi connectivity index (χ3v) is 7.66. The number of fused-ring (bicyclic) bond motifs is 2. The molecule has 164 valence electrons. The van der Waals surface area contributed by atoms with Crippen LogP contribution >= 0.6 is 0 Å². The predicted molar refractivity (Wildman–Crippen MR) is 115 cm³/mol. The average molecular weight is 447 g/mol. The molecule has 1 N–H and O–H groups in total. The van der Waals surface area contributed by atoms with Gasteiger partial charge in [-0.15, -0.1) is 0 Å². The molecule has 31 heavy (non-hydrogen) atoms. The molecule has 0 unspecified atom stereocenters. The smallest absolute Gasteiger partial charge is 0.188 e. The Labute approximate surface area is 179 Å². The van der Waals surface area contributed by atoms with Crippen molar-refractivity contribution in [3.05, 3.63) is 36.2 Å². The molecule has 0 amide bonds. The van der Waals surface area contributed by atoms with Crippen molar-refractivity contribution in [3.8, 4) is 22.8 Å². The molecule has 0 fully saturated rings. The summed E-state index contributed by atoms with van der Waals surface area (Å²) in [4.78, 5) is 11.9. The molecule has 3 heterocycles. The molecule has 0 aliphatic rings. The van der Waals surface area contributed by atoms with Gasteiger partial charge in [-0.25, -0.2) is 22.8 Å². The van der Waals surface area contributed by atoms with Gasteiger partial charge in [-0.05, 0) is 33.8 Å². The first kappa shape index (κ1) is 21.1. The van der Waals surface area contributed by atoms with Crippen LogP contribution in [-0.2, 0) is 9.84 Å². The number of halogens is 1. The summed E-state index contributed by atoms with van der Waals surface area (Å²) in [6.07, 6.45) is 3.01. The van der Waals surface area contributed by atoms with Crippen LogP contribution in [0.15, 0.2) is 29.4 Å².